The van der Waals surface area contributed by atoms with Gasteiger partial charge >= 0.3 is 0 Å². The summed E-state index contributed by atoms with van der Waals surface area (Å²) in [6.07, 6.45) is 0.613. The Balaban J connectivity index is 1.63. The number of oxazole rings is 1. The third-order valence-electron chi connectivity index (χ3n) is 3.54. The summed E-state index contributed by atoms with van der Waals surface area (Å²) in [6.45, 7) is 0. The van der Waals surface area contributed by atoms with E-state index in [0.29, 0.717) is 12.3 Å². The predicted octanol–water partition coefficient (Wildman–Crippen LogP) is 4.29. The van der Waals surface area contributed by atoms with Crippen molar-refractivity contribution in [1.82, 2.24) is 4.98 Å². The lowest BCUT2D eigenvalue weighted by atomic mass is 10.1. The van der Waals surface area contributed by atoms with Gasteiger partial charge in [0.25, 0.3) is 0 Å². The highest BCUT2D eigenvalue weighted by molar-refractivity contribution is 7.19. The number of para-hydroxylation sites is 2. The van der Waals surface area contributed by atoms with Crippen LogP contribution in [-0.4, -0.2) is 4.98 Å². The second-order valence-corrected chi connectivity index (χ2v) is 6.19. The van der Waals surface area contributed by atoms with Gasteiger partial charge in [0.15, 0.2) is 11.5 Å². The molecule has 4 heteroatoms. The fourth-order valence-electron chi connectivity index (χ4n) is 2.48. The minimum Gasteiger partial charge on any atom is -0.441 e. The molecule has 0 amide bonds. The van der Waals surface area contributed by atoms with Crippen LogP contribution in [0, 0.1) is 0 Å². The number of benzene rings is 2. The maximum absolute atomic E-state index is 6.32. The number of nitrogens with two attached hydrogens (primary N) is 1. The van der Waals surface area contributed by atoms with Crippen molar-refractivity contribution in [3.63, 3.8) is 0 Å². The summed E-state index contributed by atoms with van der Waals surface area (Å²) in [7, 11) is 0. The van der Waals surface area contributed by atoms with Gasteiger partial charge in [-0.05, 0) is 29.7 Å². The molecule has 0 saturated carbocycles. The first-order valence-corrected chi connectivity index (χ1v) is 7.70. The Labute approximate surface area is 126 Å². The van der Waals surface area contributed by atoms with Gasteiger partial charge in [0.1, 0.15) is 5.52 Å². The molecule has 0 aliphatic rings. The lowest BCUT2D eigenvalue weighted by Crippen LogP contribution is -2.11. The van der Waals surface area contributed by atoms with Crippen molar-refractivity contribution in [3.05, 3.63) is 65.4 Å². The van der Waals surface area contributed by atoms with E-state index in [4.69, 9.17) is 10.2 Å². The summed E-state index contributed by atoms with van der Waals surface area (Å²) in [4.78, 5) is 5.66. The second-order valence-electron chi connectivity index (χ2n) is 5.07. The summed E-state index contributed by atoms with van der Waals surface area (Å²) in [5.74, 6) is 0.696. The van der Waals surface area contributed by atoms with Gasteiger partial charge in [-0.3, -0.25) is 0 Å². The van der Waals surface area contributed by atoms with Crippen molar-refractivity contribution in [1.29, 1.82) is 0 Å². The molecule has 0 bridgehead atoms. The van der Waals surface area contributed by atoms with Crippen molar-refractivity contribution < 1.29 is 4.42 Å². The molecule has 4 aromatic rings. The van der Waals surface area contributed by atoms with E-state index in [9.17, 15) is 0 Å². The van der Waals surface area contributed by atoms with Crippen LogP contribution in [0.5, 0.6) is 0 Å². The Bertz CT molecular complexity index is 843. The van der Waals surface area contributed by atoms with Gasteiger partial charge in [0.2, 0.25) is 0 Å². The molecule has 2 heterocycles. The smallest absolute Gasteiger partial charge is 0.197 e. The molecule has 2 N–H and O–H groups in total. The molecule has 0 aliphatic carbocycles. The molecule has 0 fully saturated rings. The fourth-order valence-corrected chi connectivity index (χ4v) is 3.55. The van der Waals surface area contributed by atoms with Gasteiger partial charge in [0.05, 0.1) is 0 Å². The number of rotatable bonds is 3. The summed E-state index contributed by atoms with van der Waals surface area (Å²) in [5, 5.41) is 1.24. The fraction of sp³-hybridized carbons (Fsp3) is 0.118. The van der Waals surface area contributed by atoms with E-state index in [-0.39, 0.29) is 6.04 Å². The van der Waals surface area contributed by atoms with E-state index in [1.54, 1.807) is 11.3 Å². The van der Waals surface area contributed by atoms with Gasteiger partial charge in [-0.1, -0.05) is 30.3 Å². The number of hydrogen-bond acceptors (Lipinski definition) is 4. The van der Waals surface area contributed by atoms with Crippen LogP contribution in [0.4, 0.5) is 0 Å². The topological polar surface area (TPSA) is 52.0 Å². The standard InChI is InChI=1S/C17H14N2OS/c18-12(16-9-11-5-1-4-8-15(11)21-16)10-17-19-13-6-2-3-7-14(13)20-17/h1-9,12H,10,18H2. The van der Waals surface area contributed by atoms with Crippen LogP contribution in [-0.2, 0) is 6.42 Å². The van der Waals surface area contributed by atoms with Crippen LogP contribution in [0.2, 0.25) is 0 Å². The maximum atomic E-state index is 6.32. The molecule has 2 aromatic heterocycles. The highest BCUT2D eigenvalue weighted by Gasteiger charge is 2.14. The highest BCUT2D eigenvalue weighted by atomic mass is 32.1. The van der Waals surface area contributed by atoms with Gasteiger partial charge in [0, 0.05) is 22.0 Å². The van der Waals surface area contributed by atoms with Crippen molar-refractivity contribution in [2.45, 2.75) is 12.5 Å². The molecule has 2 aromatic carbocycles. The van der Waals surface area contributed by atoms with E-state index >= 15 is 0 Å². The summed E-state index contributed by atoms with van der Waals surface area (Å²) >= 11 is 1.74. The van der Waals surface area contributed by atoms with Crippen molar-refractivity contribution >= 4 is 32.5 Å². The average Bonchev–Trinajstić information content (AvgIpc) is 3.10. The van der Waals surface area contributed by atoms with Crippen molar-refractivity contribution in [2.75, 3.05) is 0 Å². The third kappa shape index (κ3) is 2.33. The Morgan fingerprint density at radius 3 is 2.76 bits per heavy atom. The Morgan fingerprint density at radius 2 is 1.90 bits per heavy atom. The van der Waals surface area contributed by atoms with E-state index in [1.165, 1.54) is 15.0 Å². The molecular weight excluding hydrogens is 280 g/mol. The Kier molecular flexibility index (Phi) is 2.98. The number of thiophene rings is 1. The van der Waals surface area contributed by atoms with Gasteiger partial charge in [-0.2, -0.15) is 0 Å². The molecule has 104 valence electrons. The van der Waals surface area contributed by atoms with Crippen LogP contribution in [0.15, 0.2) is 59.0 Å². The number of hydrogen-bond donors (Lipinski definition) is 1. The zero-order valence-corrected chi connectivity index (χ0v) is 12.1. The lowest BCUT2D eigenvalue weighted by molar-refractivity contribution is 0.504. The monoisotopic (exact) mass is 294 g/mol. The first-order chi connectivity index (χ1) is 10.3. The summed E-state index contributed by atoms with van der Waals surface area (Å²) in [6, 6.07) is 18.2. The van der Waals surface area contributed by atoms with Gasteiger partial charge in [-0.15, -0.1) is 11.3 Å². The number of nitrogens with zero attached hydrogens (tertiary/aromatic N) is 1. The molecule has 0 spiro atoms. The predicted molar refractivity (Wildman–Crippen MR) is 86.5 cm³/mol. The van der Waals surface area contributed by atoms with Gasteiger partial charge < -0.3 is 10.2 Å². The lowest BCUT2D eigenvalue weighted by Gasteiger charge is -2.05. The van der Waals surface area contributed by atoms with E-state index < -0.39 is 0 Å². The molecule has 1 atom stereocenters. The van der Waals surface area contributed by atoms with Crippen LogP contribution in [0.3, 0.4) is 0 Å². The minimum absolute atomic E-state index is 0.0875. The molecule has 4 rings (SSSR count). The van der Waals surface area contributed by atoms with E-state index in [1.807, 2.05) is 30.3 Å². The molecule has 1 unspecified atom stereocenters. The van der Waals surface area contributed by atoms with E-state index in [2.05, 4.69) is 29.2 Å². The largest absolute Gasteiger partial charge is 0.441 e. The number of aromatic nitrogens is 1. The zero-order chi connectivity index (χ0) is 14.2. The molecule has 0 radical (unpaired) electrons. The first kappa shape index (κ1) is 12.6. The van der Waals surface area contributed by atoms with Crippen LogP contribution < -0.4 is 5.73 Å². The molecule has 3 nitrogen and oxygen atoms in total. The summed E-state index contributed by atoms with van der Waals surface area (Å²) < 4.78 is 7.01. The third-order valence-corrected chi connectivity index (χ3v) is 4.79. The SMILES string of the molecule is NC(Cc1nc2ccccc2o1)c1cc2ccccc2s1. The molecule has 0 aliphatic heterocycles. The van der Waals surface area contributed by atoms with Crippen LogP contribution >= 0.6 is 11.3 Å². The van der Waals surface area contributed by atoms with Crippen LogP contribution in [0.25, 0.3) is 21.2 Å². The summed E-state index contributed by atoms with van der Waals surface area (Å²) in [5.41, 5.74) is 8.02. The maximum Gasteiger partial charge on any atom is 0.197 e. The molecular formula is C17H14N2OS. The number of fused-ring (bicyclic) bond motifs is 2. The highest BCUT2D eigenvalue weighted by Crippen LogP contribution is 2.30. The van der Waals surface area contributed by atoms with E-state index in [0.717, 1.165) is 11.1 Å². The minimum atomic E-state index is -0.0875. The quantitative estimate of drug-likeness (QED) is 0.613. The average molecular weight is 294 g/mol. The second kappa shape index (κ2) is 4.98. The zero-order valence-electron chi connectivity index (χ0n) is 11.3. The normalized spacial score (nSPS) is 13.0. The van der Waals surface area contributed by atoms with Crippen LogP contribution in [0.1, 0.15) is 16.8 Å². The molecule has 0 saturated heterocycles. The van der Waals surface area contributed by atoms with Crippen molar-refractivity contribution in [3.8, 4) is 0 Å². The molecule has 21 heavy (non-hydrogen) atoms. The Morgan fingerprint density at radius 1 is 1.10 bits per heavy atom. The Hall–Kier alpha value is -2.17. The first-order valence-electron chi connectivity index (χ1n) is 6.88. The van der Waals surface area contributed by atoms with Gasteiger partial charge in [-0.25, -0.2) is 4.98 Å². The van der Waals surface area contributed by atoms with Crippen molar-refractivity contribution in [2.24, 2.45) is 5.73 Å².